The summed E-state index contributed by atoms with van der Waals surface area (Å²) in [4.78, 5) is 18.7. The first-order valence-corrected chi connectivity index (χ1v) is 11.6. The number of aliphatic imine (C=N–C) groups is 1. The van der Waals surface area contributed by atoms with Crippen molar-refractivity contribution in [1.29, 1.82) is 0 Å². The third-order valence-corrected chi connectivity index (χ3v) is 5.51. The minimum absolute atomic E-state index is 0.194. The van der Waals surface area contributed by atoms with Gasteiger partial charge < -0.3 is 30.1 Å². The molecular weight excluding hydrogens is 384 g/mol. The zero-order chi connectivity index (χ0) is 22.0. The van der Waals surface area contributed by atoms with E-state index in [0.29, 0.717) is 25.6 Å². The number of aliphatic hydroxyl groups is 1. The lowest BCUT2D eigenvalue weighted by Crippen LogP contribution is -2.47. The van der Waals surface area contributed by atoms with Crippen molar-refractivity contribution in [3.05, 3.63) is 0 Å². The molecule has 2 aliphatic rings. The second-order valence-electron chi connectivity index (χ2n) is 9.29. The summed E-state index contributed by atoms with van der Waals surface area (Å²) >= 11 is 0. The Balaban J connectivity index is 1.63. The van der Waals surface area contributed by atoms with Gasteiger partial charge in [0, 0.05) is 45.2 Å². The Bertz CT molecular complexity index is 542. The number of aliphatic hydroxyl groups excluding tert-OH is 1. The van der Waals surface area contributed by atoms with Crippen LogP contribution in [0.25, 0.3) is 0 Å². The van der Waals surface area contributed by atoms with Gasteiger partial charge in [-0.2, -0.15) is 0 Å². The van der Waals surface area contributed by atoms with E-state index in [9.17, 15) is 9.90 Å². The van der Waals surface area contributed by atoms with Crippen LogP contribution in [0.4, 0.5) is 4.79 Å². The summed E-state index contributed by atoms with van der Waals surface area (Å²) in [7, 11) is 0. The molecule has 2 rings (SSSR count). The SMILES string of the molecule is CCNC(=NCC1CCCC1O)N1CCC(OCCCNC(=O)OC(C)(C)C)CC1. The molecule has 0 spiro atoms. The normalized spacial score (nSPS) is 23.5. The van der Waals surface area contributed by atoms with Crippen LogP contribution in [0.2, 0.25) is 0 Å². The molecular formula is C22H42N4O4. The molecule has 8 nitrogen and oxygen atoms in total. The topological polar surface area (TPSA) is 95.4 Å². The standard InChI is InChI=1S/C22H42N4O4/c1-5-23-20(25-16-17-8-6-9-19(17)27)26-13-10-18(11-14-26)29-15-7-12-24-21(28)30-22(2,3)4/h17-19,27H,5-16H2,1-4H3,(H,23,25)(H,24,28). The van der Waals surface area contributed by atoms with Crippen LogP contribution >= 0.6 is 0 Å². The van der Waals surface area contributed by atoms with E-state index in [2.05, 4.69) is 22.5 Å². The summed E-state index contributed by atoms with van der Waals surface area (Å²) in [6.07, 6.45) is 5.47. The van der Waals surface area contributed by atoms with Gasteiger partial charge in [0.25, 0.3) is 0 Å². The van der Waals surface area contributed by atoms with Crippen molar-refractivity contribution in [3.8, 4) is 0 Å². The van der Waals surface area contributed by atoms with Gasteiger partial charge in [0.2, 0.25) is 0 Å². The molecule has 0 aromatic carbocycles. The Morgan fingerprint density at radius 2 is 1.90 bits per heavy atom. The summed E-state index contributed by atoms with van der Waals surface area (Å²) < 4.78 is 11.2. The predicted molar refractivity (Wildman–Crippen MR) is 119 cm³/mol. The number of hydrogen-bond donors (Lipinski definition) is 3. The van der Waals surface area contributed by atoms with E-state index in [1.807, 2.05) is 20.8 Å². The van der Waals surface area contributed by atoms with Crippen LogP contribution < -0.4 is 10.6 Å². The lowest BCUT2D eigenvalue weighted by Gasteiger charge is -2.34. The van der Waals surface area contributed by atoms with E-state index in [0.717, 1.165) is 64.1 Å². The molecule has 2 atom stereocenters. The monoisotopic (exact) mass is 426 g/mol. The summed E-state index contributed by atoms with van der Waals surface area (Å²) in [5.41, 5.74) is -0.472. The molecule has 174 valence electrons. The third-order valence-electron chi connectivity index (χ3n) is 5.51. The Hall–Kier alpha value is -1.54. The number of hydrogen-bond acceptors (Lipinski definition) is 5. The number of alkyl carbamates (subject to hydrolysis) is 1. The molecule has 1 amide bonds. The first-order valence-electron chi connectivity index (χ1n) is 11.6. The lowest BCUT2D eigenvalue weighted by molar-refractivity contribution is 0.0170. The highest BCUT2D eigenvalue weighted by Crippen LogP contribution is 2.25. The number of nitrogens with zero attached hydrogens (tertiary/aromatic N) is 2. The number of carbonyl (C=O) groups excluding carboxylic acids is 1. The van der Waals surface area contributed by atoms with Gasteiger partial charge in [-0.1, -0.05) is 6.42 Å². The fraction of sp³-hybridized carbons (Fsp3) is 0.909. The molecule has 1 heterocycles. The highest BCUT2D eigenvalue weighted by molar-refractivity contribution is 5.80. The fourth-order valence-corrected chi connectivity index (χ4v) is 3.92. The minimum atomic E-state index is -0.472. The summed E-state index contributed by atoms with van der Waals surface area (Å²) in [5, 5.41) is 16.2. The molecule has 1 aliphatic heterocycles. The van der Waals surface area contributed by atoms with E-state index in [1.165, 1.54) is 0 Å². The van der Waals surface area contributed by atoms with E-state index in [4.69, 9.17) is 14.5 Å². The summed E-state index contributed by atoms with van der Waals surface area (Å²) in [5.74, 6) is 1.26. The van der Waals surface area contributed by atoms with Gasteiger partial charge in [0.15, 0.2) is 5.96 Å². The molecule has 1 saturated carbocycles. The molecule has 0 bridgehead atoms. The molecule has 0 aromatic rings. The summed E-state index contributed by atoms with van der Waals surface area (Å²) in [6.45, 7) is 12.2. The first-order chi connectivity index (χ1) is 14.3. The van der Waals surface area contributed by atoms with Crippen LogP contribution in [0, 0.1) is 5.92 Å². The Morgan fingerprint density at radius 1 is 1.17 bits per heavy atom. The van der Waals surface area contributed by atoms with Crippen LogP contribution in [0.1, 0.15) is 66.2 Å². The van der Waals surface area contributed by atoms with Crippen LogP contribution in [0.15, 0.2) is 4.99 Å². The average Bonchev–Trinajstić information content (AvgIpc) is 3.09. The minimum Gasteiger partial charge on any atom is -0.444 e. The van der Waals surface area contributed by atoms with Crippen LogP contribution in [-0.2, 0) is 9.47 Å². The van der Waals surface area contributed by atoms with Gasteiger partial charge in [-0.25, -0.2) is 4.79 Å². The molecule has 2 unspecified atom stereocenters. The summed E-state index contributed by atoms with van der Waals surface area (Å²) in [6, 6.07) is 0. The van der Waals surface area contributed by atoms with Crippen molar-refractivity contribution in [1.82, 2.24) is 15.5 Å². The van der Waals surface area contributed by atoms with Gasteiger partial charge >= 0.3 is 6.09 Å². The highest BCUT2D eigenvalue weighted by Gasteiger charge is 2.26. The molecule has 30 heavy (non-hydrogen) atoms. The average molecular weight is 427 g/mol. The van der Waals surface area contributed by atoms with E-state index in [-0.39, 0.29) is 18.3 Å². The third kappa shape index (κ3) is 9.08. The molecule has 8 heteroatoms. The van der Waals surface area contributed by atoms with Crippen molar-refractivity contribution < 1.29 is 19.4 Å². The zero-order valence-corrected chi connectivity index (χ0v) is 19.3. The number of carbonyl (C=O) groups is 1. The molecule has 1 saturated heterocycles. The van der Waals surface area contributed by atoms with Crippen molar-refractivity contribution in [3.63, 3.8) is 0 Å². The first kappa shape index (κ1) is 24.7. The number of guanidine groups is 1. The van der Waals surface area contributed by atoms with Crippen LogP contribution in [-0.4, -0.2) is 79.2 Å². The Labute approximate surface area is 181 Å². The second kappa shape index (κ2) is 12.3. The van der Waals surface area contributed by atoms with Crippen molar-refractivity contribution in [2.24, 2.45) is 10.9 Å². The quantitative estimate of drug-likeness (QED) is 0.314. The maximum Gasteiger partial charge on any atom is 0.407 e. The van der Waals surface area contributed by atoms with Gasteiger partial charge in [-0.15, -0.1) is 0 Å². The van der Waals surface area contributed by atoms with E-state index >= 15 is 0 Å². The number of piperidine rings is 1. The molecule has 0 radical (unpaired) electrons. The Kier molecular flexibility index (Phi) is 10.2. The van der Waals surface area contributed by atoms with Crippen molar-refractivity contribution >= 4 is 12.1 Å². The maximum atomic E-state index is 11.6. The highest BCUT2D eigenvalue weighted by atomic mass is 16.6. The lowest BCUT2D eigenvalue weighted by atomic mass is 10.1. The second-order valence-corrected chi connectivity index (χ2v) is 9.29. The number of rotatable bonds is 8. The fourth-order valence-electron chi connectivity index (χ4n) is 3.92. The van der Waals surface area contributed by atoms with Gasteiger partial charge in [0.05, 0.1) is 12.2 Å². The molecule has 0 aromatic heterocycles. The predicted octanol–water partition coefficient (Wildman–Crippen LogP) is 2.51. The smallest absolute Gasteiger partial charge is 0.407 e. The molecule has 2 fully saturated rings. The van der Waals surface area contributed by atoms with Gasteiger partial charge in [0.1, 0.15) is 5.60 Å². The molecule has 3 N–H and O–H groups in total. The van der Waals surface area contributed by atoms with Crippen LogP contribution in [0.3, 0.4) is 0 Å². The van der Waals surface area contributed by atoms with E-state index in [1.54, 1.807) is 0 Å². The van der Waals surface area contributed by atoms with Crippen molar-refractivity contribution in [2.45, 2.75) is 84.0 Å². The maximum absolute atomic E-state index is 11.6. The number of nitrogens with one attached hydrogen (secondary N) is 2. The number of likely N-dealkylation sites (tertiary alicyclic amines) is 1. The van der Waals surface area contributed by atoms with Gasteiger partial charge in [-0.05, 0) is 59.8 Å². The zero-order valence-electron chi connectivity index (χ0n) is 19.3. The number of ether oxygens (including phenoxy) is 2. The van der Waals surface area contributed by atoms with Crippen molar-refractivity contribution in [2.75, 3.05) is 39.3 Å². The number of amides is 1. The van der Waals surface area contributed by atoms with Crippen LogP contribution in [0.5, 0.6) is 0 Å². The van der Waals surface area contributed by atoms with E-state index < -0.39 is 5.60 Å². The largest absolute Gasteiger partial charge is 0.444 e. The Morgan fingerprint density at radius 3 is 2.50 bits per heavy atom. The molecule has 1 aliphatic carbocycles. The van der Waals surface area contributed by atoms with Gasteiger partial charge in [-0.3, -0.25) is 4.99 Å².